The fourth-order valence-electron chi connectivity index (χ4n) is 1.97. The van der Waals surface area contributed by atoms with Crippen molar-refractivity contribution < 1.29 is 9.94 Å². The van der Waals surface area contributed by atoms with Gasteiger partial charge in [0.15, 0.2) is 5.84 Å². The molecule has 0 spiro atoms. The molecular formula is C14H17N3O2S. The fraction of sp³-hybridized carbons (Fsp3) is 0.214. The van der Waals surface area contributed by atoms with Gasteiger partial charge in [0.05, 0.1) is 12.8 Å². The van der Waals surface area contributed by atoms with E-state index in [-0.39, 0.29) is 5.84 Å². The van der Waals surface area contributed by atoms with Gasteiger partial charge in [-0.05, 0) is 34.5 Å². The molecule has 20 heavy (non-hydrogen) atoms. The van der Waals surface area contributed by atoms with Gasteiger partial charge in [-0.1, -0.05) is 5.16 Å². The number of hydrogen-bond donors (Lipinski definition) is 2. The molecule has 0 radical (unpaired) electrons. The van der Waals surface area contributed by atoms with Crippen LogP contribution in [0, 0.1) is 0 Å². The Morgan fingerprint density at radius 2 is 2.25 bits per heavy atom. The zero-order chi connectivity index (χ0) is 14.5. The lowest BCUT2D eigenvalue weighted by atomic mass is 10.1. The van der Waals surface area contributed by atoms with Gasteiger partial charge >= 0.3 is 0 Å². The van der Waals surface area contributed by atoms with Crippen LogP contribution in [0.3, 0.4) is 0 Å². The summed E-state index contributed by atoms with van der Waals surface area (Å²) in [5, 5.41) is 16.1. The van der Waals surface area contributed by atoms with Crippen molar-refractivity contribution in [1.82, 2.24) is 0 Å². The quantitative estimate of drug-likeness (QED) is 0.384. The first-order valence-corrected chi connectivity index (χ1v) is 6.98. The van der Waals surface area contributed by atoms with Crippen LogP contribution in [0.4, 0.5) is 5.69 Å². The average Bonchev–Trinajstić information content (AvgIpc) is 2.98. The zero-order valence-corrected chi connectivity index (χ0v) is 12.2. The summed E-state index contributed by atoms with van der Waals surface area (Å²) < 4.78 is 5.24. The van der Waals surface area contributed by atoms with E-state index in [0.29, 0.717) is 5.56 Å². The van der Waals surface area contributed by atoms with Gasteiger partial charge in [0.25, 0.3) is 0 Å². The highest BCUT2D eigenvalue weighted by molar-refractivity contribution is 7.07. The van der Waals surface area contributed by atoms with E-state index >= 15 is 0 Å². The predicted molar refractivity (Wildman–Crippen MR) is 81.9 cm³/mol. The van der Waals surface area contributed by atoms with Crippen LogP contribution in [0.1, 0.15) is 11.1 Å². The normalized spacial score (nSPS) is 11.4. The van der Waals surface area contributed by atoms with Crippen LogP contribution in [-0.2, 0) is 6.54 Å². The summed E-state index contributed by atoms with van der Waals surface area (Å²) in [6.07, 6.45) is 0. The SMILES string of the molecule is COc1ccc(/C(N)=N/O)c(N(C)Cc2ccsc2)c1. The van der Waals surface area contributed by atoms with Crippen LogP contribution in [0.5, 0.6) is 5.75 Å². The Hall–Kier alpha value is -2.21. The highest BCUT2D eigenvalue weighted by atomic mass is 32.1. The summed E-state index contributed by atoms with van der Waals surface area (Å²) in [6.45, 7) is 0.738. The molecular weight excluding hydrogens is 274 g/mol. The number of anilines is 1. The molecule has 0 amide bonds. The van der Waals surface area contributed by atoms with Crippen molar-refractivity contribution in [2.45, 2.75) is 6.54 Å². The molecule has 2 aromatic rings. The molecule has 3 N–H and O–H groups in total. The molecule has 6 heteroatoms. The Labute approximate surface area is 121 Å². The molecule has 1 aromatic carbocycles. The monoisotopic (exact) mass is 291 g/mol. The van der Waals surface area contributed by atoms with E-state index in [2.05, 4.69) is 16.6 Å². The van der Waals surface area contributed by atoms with E-state index in [1.807, 2.05) is 23.4 Å². The molecule has 1 aromatic heterocycles. The minimum atomic E-state index is 0.0832. The first kappa shape index (κ1) is 14.2. The number of rotatable bonds is 5. The van der Waals surface area contributed by atoms with Gasteiger partial charge in [0, 0.05) is 25.2 Å². The maximum atomic E-state index is 8.89. The average molecular weight is 291 g/mol. The zero-order valence-electron chi connectivity index (χ0n) is 11.4. The van der Waals surface area contributed by atoms with Crippen LogP contribution in [0.25, 0.3) is 0 Å². The van der Waals surface area contributed by atoms with Crippen molar-refractivity contribution >= 4 is 22.9 Å². The number of hydrogen-bond acceptors (Lipinski definition) is 5. The predicted octanol–water partition coefficient (Wildman–Crippen LogP) is 2.49. The van der Waals surface area contributed by atoms with Crippen LogP contribution in [0.15, 0.2) is 40.2 Å². The number of nitrogens with zero attached hydrogens (tertiary/aromatic N) is 2. The molecule has 0 aliphatic heterocycles. The second-order valence-electron chi connectivity index (χ2n) is 4.36. The lowest BCUT2D eigenvalue weighted by Crippen LogP contribution is -2.22. The summed E-state index contributed by atoms with van der Waals surface area (Å²) in [4.78, 5) is 2.04. The first-order valence-electron chi connectivity index (χ1n) is 6.04. The van der Waals surface area contributed by atoms with Crippen LogP contribution in [-0.4, -0.2) is 25.2 Å². The topological polar surface area (TPSA) is 71.1 Å². The maximum absolute atomic E-state index is 8.89. The number of benzene rings is 1. The number of oxime groups is 1. The molecule has 1 heterocycles. The lowest BCUT2D eigenvalue weighted by molar-refractivity contribution is 0.318. The highest BCUT2D eigenvalue weighted by Crippen LogP contribution is 2.26. The van der Waals surface area contributed by atoms with E-state index in [9.17, 15) is 0 Å². The Morgan fingerprint density at radius 3 is 2.85 bits per heavy atom. The van der Waals surface area contributed by atoms with Gasteiger partial charge in [-0.25, -0.2) is 0 Å². The second kappa shape index (κ2) is 6.29. The smallest absolute Gasteiger partial charge is 0.172 e. The lowest BCUT2D eigenvalue weighted by Gasteiger charge is -2.22. The molecule has 0 unspecified atom stereocenters. The van der Waals surface area contributed by atoms with Gasteiger partial charge < -0.3 is 20.6 Å². The van der Waals surface area contributed by atoms with Crippen molar-refractivity contribution in [2.24, 2.45) is 10.9 Å². The Balaban J connectivity index is 2.36. The van der Waals surface area contributed by atoms with Gasteiger partial charge in [-0.2, -0.15) is 11.3 Å². The third-order valence-electron chi connectivity index (χ3n) is 3.00. The van der Waals surface area contributed by atoms with Crippen molar-refractivity contribution in [3.8, 4) is 5.75 Å². The van der Waals surface area contributed by atoms with Crippen LogP contribution < -0.4 is 15.4 Å². The maximum Gasteiger partial charge on any atom is 0.172 e. The molecule has 0 saturated heterocycles. The van der Waals surface area contributed by atoms with Gasteiger partial charge in [-0.15, -0.1) is 0 Å². The minimum Gasteiger partial charge on any atom is -0.497 e. The van der Waals surface area contributed by atoms with Crippen molar-refractivity contribution in [1.29, 1.82) is 0 Å². The summed E-state index contributed by atoms with van der Waals surface area (Å²) in [6, 6.07) is 7.52. The van der Waals surface area contributed by atoms with Gasteiger partial charge in [-0.3, -0.25) is 0 Å². The summed E-state index contributed by atoms with van der Waals surface area (Å²) >= 11 is 1.66. The molecule has 5 nitrogen and oxygen atoms in total. The summed E-state index contributed by atoms with van der Waals surface area (Å²) in [5.41, 5.74) is 8.47. The third kappa shape index (κ3) is 3.03. The van der Waals surface area contributed by atoms with E-state index < -0.39 is 0 Å². The molecule has 0 saturated carbocycles. The van der Waals surface area contributed by atoms with Crippen LogP contribution in [0.2, 0.25) is 0 Å². The minimum absolute atomic E-state index is 0.0832. The standard InChI is InChI=1S/C14H17N3O2S/c1-17(8-10-5-6-20-9-10)13-7-11(19-2)3-4-12(13)14(15)16-18/h3-7,9,18H,8H2,1-2H3,(H2,15,16). The van der Waals surface area contributed by atoms with Gasteiger partial charge in [0.1, 0.15) is 5.75 Å². The van der Waals surface area contributed by atoms with E-state index in [1.54, 1.807) is 30.6 Å². The number of amidine groups is 1. The molecule has 2 rings (SSSR count). The number of methoxy groups -OCH3 is 1. The number of thiophene rings is 1. The second-order valence-corrected chi connectivity index (χ2v) is 5.14. The van der Waals surface area contributed by atoms with E-state index in [4.69, 9.17) is 15.7 Å². The Bertz CT molecular complexity index is 596. The first-order chi connectivity index (χ1) is 9.65. The highest BCUT2D eigenvalue weighted by Gasteiger charge is 2.13. The van der Waals surface area contributed by atoms with E-state index in [1.165, 1.54) is 5.56 Å². The molecule has 106 valence electrons. The number of ether oxygens (including phenoxy) is 1. The largest absolute Gasteiger partial charge is 0.497 e. The third-order valence-corrected chi connectivity index (χ3v) is 3.73. The fourth-order valence-corrected chi connectivity index (χ4v) is 2.63. The van der Waals surface area contributed by atoms with E-state index in [0.717, 1.165) is 18.0 Å². The molecule has 0 atom stereocenters. The molecule has 0 bridgehead atoms. The number of nitrogens with two attached hydrogens (primary N) is 1. The Morgan fingerprint density at radius 1 is 1.45 bits per heavy atom. The molecule has 0 aliphatic rings. The molecule has 0 fully saturated rings. The van der Waals surface area contributed by atoms with Gasteiger partial charge in [0.2, 0.25) is 0 Å². The van der Waals surface area contributed by atoms with Crippen molar-refractivity contribution in [2.75, 3.05) is 19.1 Å². The summed E-state index contributed by atoms with van der Waals surface area (Å²) in [7, 11) is 3.57. The van der Waals surface area contributed by atoms with Crippen molar-refractivity contribution in [3.63, 3.8) is 0 Å². The molecule has 0 aliphatic carbocycles. The Kier molecular flexibility index (Phi) is 4.47. The van der Waals surface area contributed by atoms with Crippen molar-refractivity contribution in [3.05, 3.63) is 46.2 Å². The summed E-state index contributed by atoms with van der Waals surface area (Å²) in [5.74, 6) is 0.812. The van der Waals surface area contributed by atoms with Crippen LogP contribution >= 0.6 is 11.3 Å².